The van der Waals surface area contributed by atoms with Gasteiger partial charge in [-0.2, -0.15) is 0 Å². The van der Waals surface area contributed by atoms with Gasteiger partial charge in [0.15, 0.2) is 0 Å². The Balaban J connectivity index is 2.69. The normalized spacial score (nSPS) is 16.4. The molecular weight excluding hydrogens is 146 g/mol. The third-order valence-electron chi connectivity index (χ3n) is 2.00. The van der Waals surface area contributed by atoms with E-state index in [-0.39, 0.29) is 0 Å². The van der Waals surface area contributed by atoms with E-state index in [1.807, 2.05) is 0 Å². The van der Waals surface area contributed by atoms with Crippen LogP contribution >= 0.6 is 0 Å². The fourth-order valence-electron chi connectivity index (χ4n) is 1.25. The van der Waals surface area contributed by atoms with Crippen molar-refractivity contribution >= 4 is 6.72 Å². The summed E-state index contributed by atoms with van der Waals surface area (Å²) in [5.41, 5.74) is 2.74. The van der Waals surface area contributed by atoms with Gasteiger partial charge < -0.3 is 4.99 Å². The molecule has 0 aromatic rings. The van der Waals surface area contributed by atoms with Gasteiger partial charge in [-0.05, 0) is 37.6 Å². The smallest absolute Gasteiger partial charge is 0.0422 e. The van der Waals surface area contributed by atoms with Gasteiger partial charge in [-0.25, -0.2) is 0 Å². The first-order valence-electron chi connectivity index (χ1n) is 4.30. The Kier molecular flexibility index (Phi) is 3.52. The molecule has 0 unspecified atom stereocenters. The van der Waals surface area contributed by atoms with Gasteiger partial charge in [0, 0.05) is 6.54 Å². The van der Waals surface area contributed by atoms with E-state index in [1.54, 1.807) is 0 Å². The molecule has 0 atom stereocenters. The molecule has 0 bridgehead atoms. The summed E-state index contributed by atoms with van der Waals surface area (Å²) in [5, 5.41) is 0. The number of allylic oxidation sites excluding steroid dienone is 5. The molecule has 1 aliphatic rings. The van der Waals surface area contributed by atoms with E-state index >= 15 is 0 Å². The van der Waals surface area contributed by atoms with Crippen molar-refractivity contribution in [2.75, 3.05) is 6.54 Å². The van der Waals surface area contributed by atoms with Crippen LogP contribution in [0.2, 0.25) is 0 Å². The minimum atomic E-state index is 0.824. The zero-order valence-corrected chi connectivity index (χ0v) is 7.59. The molecule has 0 aliphatic heterocycles. The molecule has 0 aromatic heterocycles. The lowest BCUT2D eigenvalue weighted by molar-refractivity contribution is 0.971. The molecule has 0 spiro atoms. The lowest BCUT2D eigenvalue weighted by Gasteiger charge is -2.01. The molecule has 64 valence electrons. The van der Waals surface area contributed by atoms with Crippen molar-refractivity contribution in [2.24, 2.45) is 4.99 Å². The molecule has 1 rings (SSSR count). The maximum absolute atomic E-state index is 3.85. The monoisotopic (exact) mass is 161 g/mol. The first-order chi connectivity index (χ1) is 5.84. The summed E-state index contributed by atoms with van der Waals surface area (Å²) in [4.78, 5) is 3.85. The first kappa shape index (κ1) is 8.98. The van der Waals surface area contributed by atoms with E-state index in [9.17, 15) is 0 Å². The number of nitrogens with zero attached hydrogens (tertiary/aromatic N) is 1. The quantitative estimate of drug-likeness (QED) is 0.564. The van der Waals surface area contributed by atoms with E-state index in [0.29, 0.717) is 0 Å². The second-order valence-electron chi connectivity index (χ2n) is 2.95. The van der Waals surface area contributed by atoms with Crippen molar-refractivity contribution in [3.63, 3.8) is 0 Å². The highest BCUT2D eigenvalue weighted by Crippen LogP contribution is 2.15. The van der Waals surface area contributed by atoms with E-state index < -0.39 is 0 Å². The summed E-state index contributed by atoms with van der Waals surface area (Å²) in [6.07, 6.45) is 10.8. The van der Waals surface area contributed by atoms with Crippen LogP contribution in [0.3, 0.4) is 0 Å². The highest BCUT2D eigenvalue weighted by Gasteiger charge is 1.97. The van der Waals surface area contributed by atoms with Crippen LogP contribution in [0, 0.1) is 0 Å². The van der Waals surface area contributed by atoms with Gasteiger partial charge >= 0.3 is 0 Å². The van der Waals surface area contributed by atoms with Crippen molar-refractivity contribution in [1.82, 2.24) is 0 Å². The van der Waals surface area contributed by atoms with Crippen LogP contribution in [0.4, 0.5) is 0 Å². The molecule has 0 N–H and O–H groups in total. The highest BCUT2D eigenvalue weighted by molar-refractivity contribution is 5.35. The molecule has 0 fully saturated rings. The Morgan fingerprint density at radius 3 is 2.92 bits per heavy atom. The number of hydrogen-bond acceptors (Lipinski definition) is 1. The average molecular weight is 161 g/mol. The summed E-state index contributed by atoms with van der Waals surface area (Å²) in [6, 6.07) is 0. The van der Waals surface area contributed by atoms with Crippen molar-refractivity contribution in [3.8, 4) is 0 Å². The zero-order chi connectivity index (χ0) is 8.81. The summed E-state index contributed by atoms with van der Waals surface area (Å²) in [6.45, 7) is 6.45. The fraction of sp³-hybridized carbons (Fsp3) is 0.364. The van der Waals surface area contributed by atoms with Gasteiger partial charge in [0.2, 0.25) is 0 Å². The van der Waals surface area contributed by atoms with Gasteiger partial charge in [0.05, 0.1) is 0 Å². The van der Waals surface area contributed by atoms with E-state index in [1.165, 1.54) is 11.1 Å². The fourth-order valence-corrected chi connectivity index (χ4v) is 1.25. The predicted octanol–water partition coefficient (Wildman–Crippen LogP) is 2.91. The Hall–Kier alpha value is -1.11. The Morgan fingerprint density at radius 2 is 2.17 bits per heavy atom. The van der Waals surface area contributed by atoms with Gasteiger partial charge in [-0.3, -0.25) is 0 Å². The maximum Gasteiger partial charge on any atom is 0.0422 e. The largest absolute Gasteiger partial charge is 0.301 e. The molecule has 0 radical (unpaired) electrons. The summed E-state index contributed by atoms with van der Waals surface area (Å²) >= 11 is 0. The average Bonchev–Trinajstić information content (AvgIpc) is 2.27. The van der Waals surface area contributed by atoms with Crippen LogP contribution in [-0.4, -0.2) is 13.3 Å². The van der Waals surface area contributed by atoms with Gasteiger partial charge in [-0.1, -0.05) is 24.3 Å². The van der Waals surface area contributed by atoms with Crippen molar-refractivity contribution in [1.29, 1.82) is 0 Å². The Labute approximate surface area is 74.2 Å². The van der Waals surface area contributed by atoms with Crippen LogP contribution in [0.1, 0.15) is 19.8 Å². The van der Waals surface area contributed by atoms with Gasteiger partial charge in [-0.15, -0.1) is 0 Å². The molecule has 0 saturated carbocycles. The van der Waals surface area contributed by atoms with Crippen LogP contribution in [-0.2, 0) is 0 Å². The lowest BCUT2D eigenvalue weighted by Crippen LogP contribution is -1.86. The Morgan fingerprint density at radius 1 is 1.42 bits per heavy atom. The van der Waals surface area contributed by atoms with E-state index in [0.717, 1.165) is 19.4 Å². The minimum Gasteiger partial charge on any atom is -0.301 e. The SMILES string of the molecule is C=NCCC1=C(C)C=CCC=C1. The van der Waals surface area contributed by atoms with Crippen molar-refractivity contribution < 1.29 is 0 Å². The summed E-state index contributed by atoms with van der Waals surface area (Å²) < 4.78 is 0. The maximum atomic E-state index is 3.85. The lowest BCUT2D eigenvalue weighted by atomic mass is 10.1. The van der Waals surface area contributed by atoms with Crippen LogP contribution in [0.15, 0.2) is 40.4 Å². The summed E-state index contributed by atoms with van der Waals surface area (Å²) in [5.74, 6) is 0. The second kappa shape index (κ2) is 4.70. The molecule has 0 heterocycles. The number of aliphatic imine (C=N–C) groups is 1. The molecule has 0 aromatic carbocycles. The van der Waals surface area contributed by atoms with Crippen molar-refractivity contribution in [2.45, 2.75) is 19.8 Å². The standard InChI is InChI=1S/C11H15N/c1-10-6-4-3-5-7-11(10)8-9-12-2/h4-7H,2-3,8-9H2,1H3. The van der Waals surface area contributed by atoms with Crippen LogP contribution < -0.4 is 0 Å². The van der Waals surface area contributed by atoms with E-state index in [4.69, 9.17) is 0 Å². The molecule has 1 heteroatoms. The highest BCUT2D eigenvalue weighted by atomic mass is 14.7. The second-order valence-corrected chi connectivity index (χ2v) is 2.95. The third kappa shape index (κ3) is 2.50. The molecule has 0 amide bonds. The van der Waals surface area contributed by atoms with Gasteiger partial charge in [0.25, 0.3) is 0 Å². The Bertz CT molecular complexity index is 244. The van der Waals surface area contributed by atoms with Crippen LogP contribution in [0.25, 0.3) is 0 Å². The summed E-state index contributed by atoms with van der Waals surface area (Å²) in [7, 11) is 0. The topological polar surface area (TPSA) is 12.4 Å². The molecule has 1 nitrogen and oxygen atoms in total. The molecule has 0 saturated heterocycles. The molecular formula is C11H15N. The minimum absolute atomic E-state index is 0.824. The third-order valence-corrected chi connectivity index (χ3v) is 2.00. The predicted molar refractivity (Wildman–Crippen MR) is 54.6 cm³/mol. The van der Waals surface area contributed by atoms with Crippen molar-refractivity contribution in [3.05, 3.63) is 35.5 Å². The zero-order valence-electron chi connectivity index (χ0n) is 7.59. The molecule has 1 aliphatic carbocycles. The molecule has 12 heavy (non-hydrogen) atoms. The first-order valence-corrected chi connectivity index (χ1v) is 4.30. The number of rotatable bonds is 3. The van der Waals surface area contributed by atoms with Gasteiger partial charge in [0.1, 0.15) is 0 Å². The number of hydrogen-bond donors (Lipinski definition) is 0. The van der Waals surface area contributed by atoms with Crippen LogP contribution in [0.5, 0.6) is 0 Å². The van der Waals surface area contributed by atoms with E-state index in [2.05, 4.69) is 42.9 Å².